The molecule has 0 N–H and O–H groups in total. The fourth-order valence-electron chi connectivity index (χ4n) is 1.76. The van der Waals surface area contributed by atoms with E-state index >= 15 is 0 Å². The smallest absolute Gasteiger partial charge is 0.317 e. The highest BCUT2D eigenvalue weighted by atomic mass is 16.5. The zero-order valence-electron chi connectivity index (χ0n) is 8.78. The lowest BCUT2D eigenvalue weighted by Crippen LogP contribution is -2.44. The van der Waals surface area contributed by atoms with Gasteiger partial charge in [0.15, 0.2) is 0 Å². The molecule has 80 valence electrons. The maximum Gasteiger partial charge on any atom is 0.317 e. The largest absolute Gasteiger partial charge is 0.468 e. The number of carbonyl (C=O) groups excluding carboxylic acids is 2. The molecule has 4 heteroatoms. The molecule has 0 bridgehead atoms. The van der Waals surface area contributed by atoms with Gasteiger partial charge in [-0.15, -0.1) is 0 Å². The van der Waals surface area contributed by atoms with Crippen molar-refractivity contribution in [3.05, 3.63) is 0 Å². The van der Waals surface area contributed by atoms with Crippen molar-refractivity contribution in [3.8, 4) is 0 Å². The van der Waals surface area contributed by atoms with Crippen LogP contribution < -0.4 is 0 Å². The van der Waals surface area contributed by atoms with Gasteiger partial charge in [0.25, 0.3) is 0 Å². The van der Waals surface area contributed by atoms with Gasteiger partial charge < -0.3 is 9.64 Å². The van der Waals surface area contributed by atoms with E-state index in [4.69, 9.17) is 0 Å². The first-order valence-electron chi connectivity index (χ1n) is 5.02. The first-order valence-corrected chi connectivity index (χ1v) is 5.02. The average molecular weight is 199 g/mol. The van der Waals surface area contributed by atoms with E-state index in [0.717, 1.165) is 19.5 Å². The van der Waals surface area contributed by atoms with E-state index in [-0.39, 0.29) is 5.78 Å². The topological polar surface area (TPSA) is 46.6 Å². The molecule has 1 heterocycles. The van der Waals surface area contributed by atoms with Crippen LogP contribution in [-0.2, 0) is 14.3 Å². The van der Waals surface area contributed by atoms with Crippen molar-refractivity contribution in [2.45, 2.75) is 19.8 Å². The van der Waals surface area contributed by atoms with Crippen LogP contribution >= 0.6 is 0 Å². The van der Waals surface area contributed by atoms with Gasteiger partial charge >= 0.3 is 5.97 Å². The third kappa shape index (κ3) is 2.54. The molecule has 0 saturated carbocycles. The highest BCUT2D eigenvalue weighted by Crippen LogP contribution is 2.14. The molecular weight excluding hydrogens is 182 g/mol. The maximum absolute atomic E-state index is 11.4. The summed E-state index contributed by atoms with van der Waals surface area (Å²) in [6.07, 6.45) is 1.52. The van der Waals surface area contributed by atoms with E-state index in [9.17, 15) is 9.59 Å². The molecule has 0 amide bonds. The van der Waals surface area contributed by atoms with Crippen LogP contribution in [0.15, 0.2) is 0 Å². The van der Waals surface area contributed by atoms with Gasteiger partial charge in [-0.1, -0.05) is 6.92 Å². The molecule has 0 aromatic carbocycles. The second kappa shape index (κ2) is 5.10. The van der Waals surface area contributed by atoms with Crippen molar-refractivity contribution >= 4 is 11.8 Å². The number of likely N-dealkylation sites (tertiary alicyclic amines) is 1. The van der Waals surface area contributed by atoms with Gasteiger partial charge in [-0.3, -0.25) is 9.59 Å². The second-order valence-corrected chi connectivity index (χ2v) is 3.59. The van der Waals surface area contributed by atoms with Crippen LogP contribution in [0.3, 0.4) is 0 Å². The molecule has 1 fully saturated rings. The summed E-state index contributed by atoms with van der Waals surface area (Å²) in [6.45, 7) is 4.34. The Balaban J connectivity index is 2.55. The van der Waals surface area contributed by atoms with Gasteiger partial charge in [-0.05, 0) is 13.0 Å². The van der Waals surface area contributed by atoms with Gasteiger partial charge in [0.2, 0.25) is 0 Å². The molecule has 14 heavy (non-hydrogen) atoms. The lowest BCUT2D eigenvalue weighted by molar-refractivity contribution is -0.151. The molecule has 1 unspecified atom stereocenters. The zero-order chi connectivity index (χ0) is 10.6. The summed E-state index contributed by atoms with van der Waals surface area (Å²) in [5.74, 6) is -0.930. The summed E-state index contributed by atoms with van der Waals surface area (Å²) >= 11 is 0. The van der Waals surface area contributed by atoms with E-state index in [0.29, 0.717) is 13.0 Å². The van der Waals surface area contributed by atoms with Gasteiger partial charge in [0, 0.05) is 19.5 Å². The Morgan fingerprint density at radius 1 is 1.64 bits per heavy atom. The van der Waals surface area contributed by atoms with Crippen molar-refractivity contribution < 1.29 is 14.3 Å². The van der Waals surface area contributed by atoms with E-state index in [1.165, 1.54) is 7.11 Å². The number of nitrogens with zero attached hydrogens (tertiary/aromatic N) is 1. The van der Waals surface area contributed by atoms with E-state index in [2.05, 4.69) is 16.6 Å². The fourth-order valence-corrected chi connectivity index (χ4v) is 1.76. The number of carbonyl (C=O) groups is 2. The molecule has 0 aromatic rings. The molecule has 1 saturated heterocycles. The Bertz CT molecular complexity index is 219. The first-order chi connectivity index (χ1) is 6.69. The minimum atomic E-state index is -0.555. The Morgan fingerprint density at radius 2 is 2.36 bits per heavy atom. The van der Waals surface area contributed by atoms with Crippen molar-refractivity contribution in [2.75, 3.05) is 26.7 Å². The van der Waals surface area contributed by atoms with Crippen LogP contribution in [0.2, 0.25) is 0 Å². The third-order valence-corrected chi connectivity index (χ3v) is 2.53. The monoisotopic (exact) mass is 199 g/mol. The number of rotatable bonds is 3. The molecule has 0 radical (unpaired) electrons. The Morgan fingerprint density at radius 3 is 2.93 bits per heavy atom. The lowest BCUT2D eigenvalue weighted by Gasteiger charge is -2.29. The maximum atomic E-state index is 11.4. The molecule has 0 spiro atoms. The van der Waals surface area contributed by atoms with Crippen molar-refractivity contribution in [2.24, 2.45) is 5.92 Å². The van der Waals surface area contributed by atoms with Crippen LogP contribution in [0.25, 0.3) is 0 Å². The predicted molar refractivity (Wildman–Crippen MR) is 51.9 cm³/mol. The Labute approximate surface area is 84.2 Å². The van der Waals surface area contributed by atoms with Crippen LogP contribution in [0, 0.1) is 5.92 Å². The standard InChI is InChI=1S/C10H17NO3/c1-3-5-11-6-4-9(12)8(7-11)10(13)14-2/h8H,3-7H2,1-2H3. The average Bonchev–Trinajstić information content (AvgIpc) is 2.20. The number of methoxy groups -OCH3 is 1. The fraction of sp³-hybridized carbons (Fsp3) is 0.800. The number of ketones is 1. The zero-order valence-corrected chi connectivity index (χ0v) is 8.78. The summed E-state index contributed by atoms with van der Waals surface area (Å²) < 4.78 is 4.60. The third-order valence-electron chi connectivity index (χ3n) is 2.53. The van der Waals surface area contributed by atoms with Crippen LogP contribution in [0.1, 0.15) is 19.8 Å². The molecule has 4 nitrogen and oxygen atoms in total. The summed E-state index contributed by atoms with van der Waals surface area (Å²) in [4.78, 5) is 24.8. The quantitative estimate of drug-likeness (QED) is 0.489. The Hall–Kier alpha value is -0.900. The van der Waals surface area contributed by atoms with E-state index in [1.54, 1.807) is 0 Å². The van der Waals surface area contributed by atoms with E-state index in [1.807, 2.05) is 0 Å². The number of ether oxygens (including phenoxy) is 1. The highest BCUT2D eigenvalue weighted by molar-refractivity contribution is 5.99. The minimum absolute atomic E-state index is 0.0178. The number of hydrogen-bond acceptors (Lipinski definition) is 4. The van der Waals surface area contributed by atoms with Gasteiger partial charge in [0.1, 0.15) is 11.7 Å². The predicted octanol–water partition coefficient (Wildman–Crippen LogP) is 0.460. The summed E-state index contributed by atoms with van der Waals surface area (Å²) in [7, 11) is 1.33. The van der Waals surface area contributed by atoms with Crippen molar-refractivity contribution in [1.29, 1.82) is 0 Å². The van der Waals surface area contributed by atoms with Gasteiger partial charge in [-0.2, -0.15) is 0 Å². The lowest BCUT2D eigenvalue weighted by atomic mass is 9.96. The molecule has 1 atom stereocenters. The van der Waals surface area contributed by atoms with Crippen molar-refractivity contribution in [1.82, 2.24) is 4.90 Å². The van der Waals surface area contributed by atoms with Crippen molar-refractivity contribution in [3.63, 3.8) is 0 Å². The molecule has 0 aliphatic carbocycles. The summed E-state index contributed by atoms with van der Waals surface area (Å²) in [5.41, 5.74) is 0. The normalized spacial score (nSPS) is 23.6. The molecule has 0 aromatic heterocycles. The van der Waals surface area contributed by atoms with Gasteiger partial charge in [0.05, 0.1) is 7.11 Å². The molecule has 1 rings (SSSR count). The Kier molecular flexibility index (Phi) is 4.07. The summed E-state index contributed by atoms with van der Waals surface area (Å²) in [6, 6.07) is 0. The van der Waals surface area contributed by atoms with Crippen LogP contribution in [-0.4, -0.2) is 43.4 Å². The number of Topliss-reactive ketones (excluding diaryl/α,β-unsaturated/α-hetero) is 1. The van der Waals surface area contributed by atoms with Gasteiger partial charge in [-0.25, -0.2) is 0 Å². The number of esters is 1. The van der Waals surface area contributed by atoms with Crippen LogP contribution in [0.5, 0.6) is 0 Å². The highest BCUT2D eigenvalue weighted by Gasteiger charge is 2.32. The second-order valence-electron chi connectivity index (χ2n) is 3.59. The van der Waals surface area contributed by atoms with E-state index < -0.39 is 11.9 Å². The number of piperidine rings is 1. The first kappa shape index (κ1) is 11.2. The molecule has 1 aliphatic heterocycles. The summed E-state index contributed by atoms with van der Waals surface area (Å²) in [5, 5.41) is 0. The van der Waals surface area contributed by atoms with Crippen LogP contribution in [0.4, 0.5) is 0 Å². The SMILES string of the molecule is CCCN1CCC(=O)C(C(=O)OC)C1. The number of hydrogen-bond donors (Lipinski definition) is 0. The molecular formula is C10H17NO3. The minimum Gasteiger partial charge on any atom is -0.468 e. The molecule has 1 aliphatic rings.